The van der Waals surface area contributed by atoms with Gasteiger partial charge in [-0.15, -0.1) is 0 Å². The molecule has 0 saturated carbocycles. The highest BCUT2D eigenvalue weighted by atomic mass is 32.2. The fraction of sp³-hybridized carbons (Fsp3) is 0.222. The summed E-state index contributed by atoms with van der Waals surface area (Å²) in [6, 6.07) is 9.73. The van der Waals surface area contributed by atoms with Crippen molar-refractivity contribution in [3.63, 3.8) is 0 Å². The van der Waals surface area contributed by atoms with E-state index in [9.17, 15) is 22.7 Å². The first-order valence-corrected chi connectivity index (χ1v) is 10.1. The molecule has 0 unspecified atom stereocenters. The minimum atomic E-state index is -3.89. The van der Waals surface area contributed by atoms with Crippen molar-refractivity contribution in [2.45, 2.75) is 6.92 Å². The van der Waals surface area contributed by atoms with Crippen molar-refractivity contribution in [2.75, 3.05) is 23.7 Å². The lowest BCUT2D eigenvalue weighted by Gasteiger charge is -2.21. The molecule has 0 heterocycles. The smallest absolute Gasteiger partial charge is 0.260 e. The van der Waals surface area contributed by atoms with Crippen LogP contribution in [0.15, 0.2) is 47.6 Å². The van der Waals surface area contributed by atoms with Crippen LogP contribution in [0, 0.1) is 5.82 Å². The summed E-state index contributed by atoms with van der Waals surface area (Å²) in [4.78, 5) is 12.1. The lowest BCUT2D eigenvalue weighted by Crippen LogP contribution is -2.39. The number of phenols is 1. The molecule has 2 aromatic rings. The van der Waals surface area contributed by atoms with Gasteiger partial charge in [-0.1, -0.05) is 12.1 Å². The van der Waals surface area contributed by atoms with E-state index in [0.29, 0.717) is 16.5 Å². The Kier molecular flexibility index (Phi) is 6.94. The van der Waals surface area contributed by atoms with Crippen LogP contribution in [-0.2, 0) is 14.8 Å². The number of anilines is 1. The van der Waals surface area contributed by atoms with Crippen molar-refractivity contribution in [3.05, 3.63) is 53.8 Å². The van der Waals surface area contributed by atoms with E-state index in [1.54, 1.807) is 13.0 Å². The number of nitrogens with zero attached hydrogens (tertiary/aromatic N) is 2. The number of benzene rings is 2. The summed E-state index contributed by atoms with van der Waals surface area (Å²) >= 11 is 0. The standard InChI is InChI=1S/C18H20FN3O5S/c1-3-27-17-10-13(8-9-16(17)23)11-20-21-18(24)12-22(28(2,25)26)15-7-5-4-6-14(15)19/h4-11,23H,3,12H2,1-2H3,(H,21,24)/b20-11-. The molecule has 2 aromatic carbocycles. The molecule has 1 amide bonds. The fourth-order valence-corrected chi connectivity index (χ4v) is 3.12. The highest BCUT2D eigenvalue weighted by molar-refractivity contribution is 7.92. The molecule has 0 saturated heterocycles. The number of aromatic hydroxyl groups is 1. The summed E-state index contributed by atoms with van der Waals surface area (Å²) in [5.41, 5.74) is 2.49. The molecule has 8 nitrogen and oxygen atoms in total. The molecule has 0 aliphatic heterocycles. The number of hydrazone groups is 1. The Balaban J connectivity index is 2.09. The molecule has 10 heteroatoms. The Morgan fingerprint density at radius 3 is 2.68 bits per heavy atom. The first-order chi connectivity index (χ1) is 13.2. The molecule has 0 radical (unpaired) electrons. The minimum Gasteiger partial charge on any atom is -0.504 e. The van der Waals surface area contributed by atoms with Crippen LogP contribution >= 0.6 is 0 Å². The molecule has 0 spiro atoms. The third kappa shape index (κ3) is 5.68. The molecule has 0 bridgehead atoms. The molecule has 0 aliphatic carbocycles. The first kappa shape index (κ1) is 21.2. The predicted molar refractivity (Wildman–Crippen MR) is 104 cm³/mol. The van der Waals surface area contributed by atoms with Gasteiger partial charge in [0.1, 0.15) is 12.4 Å². The van der Waals surface area contributed by atoms with E-state index < -0.39 is 28.3 Å². The van der Waals surface area contributed by atoms with Crippen LogP contribution in [0.5, 0.6) is 11.5 Å². The van der Waals surface area contributed by atoms with E-state index in [1.165, 1.54) is 36.5 Å². The second-order valence-electron chi connectivity index (χ2n) is 5.67. The van der Waals surface area contributed by atoms with E-state index in [-0.39, 0.29) is 17.2 Å². The van der Waals surface area contributed by atoms with Crippen LogP contribution in [0.1, 0.15) is 12.5 Å². The summed E-state index contributed by atoms with van der Waals surface area (Å²) in [7, 11) is -3.89. The normalized spacial score (nSPS) is 11.4. The Hall–Kier alpha value is -3.14. The number of phenolic OH excluding ortho intramolecular Hbond substituents is 1. The minimum absolute atomic E-state index is 0.0308. The Morgan fingerprint density at radius 2 is 2.04 bits per heavy atom. The van der Waals surface area contributed by atoms with Crippen LogP contribution in [-0.4, -0.2) is 45.1 Å². The summed E-state index contributed by atoms with van der Waals surface area (Å²) in [6.45, 7) is 1.49. The fourth-order valence-electron chi connectivity index (χ4n) is 2.26. The zero-order valence-electron chi connectivity index (χ0n) is 15.3. The second-order valence-corrected chi connectivity index (χ2v) is 7.58. The van der Waals surface area contributed by atoms with Crippen LogP contribution in [0.3, 0.4) is 0 Å². The summed E-state index contributed by atoms with van der Waals surface area (Å²) < 4.78 is 43.7. The topological polar surface area (TPSA) is 108 Å². The van der Waals surface area contributed by atoms with Crippen LogP contribution < -0.4 is 14.5 Å². The van der Waals surface area contributed by atoms with Crippen LogP contribution in [0.25, 0.3) is 0 Å². The van der Waals surface area contributed by atoms with Gasteiger partial charge in [-0.05, 0) is 42.8 Å². The van der Waals surface area contributed by atoms with Crippen molar-refractivity contribution in [2.24, 2.45) is 5.10 Å². The van der Waals surface area contributed by atoms with Crippen molar-refractivity contribution >= 4 is 27.8 Å². The number of carbonyl (C=O) groups is 1. The van der Waals surface area contributed by atoms with E-state index in [4.69, 9.17) is 4.74 Å². The van der Waals surface area contributed by atoms with Gasteiger partial charge >= 0.3 is 0 Å². The van der Waals surface area contributed by atoms with Gasteiger partial charge in [0.2, 0.25) is 10.0 Å². The number of halogens is 1. The van der Waals surface area contributed by atoms with Crippen molar-refractivity contribution in [1.29, 1.82) is 0 Å². The third-order valence-corrected chi connectivity index (χ3v) is 4.62. The number of para-hydroxylation sites is 1. The molecule has 150 valence electrons. The summed E-state index contributed by atoms with van der Waals surface area (Å²) in [6.07, 6.45) is 2.18. The molecule has 2 N–H and O–H groups in total. The van der Waals surface area contributed by atoms with Gasteiger partial charge in [0.15, 0.2) is 11.5 Å². The van der Waals surface area contributed by atoms with Gasteiger partial charge in [-0.2, -0.15) is 5.10 Å². The average Bonchev–Trinajstić information content (AvgIpc) is 2.62. The van der Waals surface area contributed by atoms with Crippen LogP contribution in [0.2, 0.25) is 0 Å². The number of carbonyl (C=O) groups excluding carboxylic acids is 1. The van der Waals surface area contributed by atoms with E-state index in [2.05, 4.69) is 10.5 Å². The molecule has 28 heavy (non-hydrogen) atoms. The van der Waals surface area contributed by atoms with Crippen molar-refractivity contribution in [3.8, 4) is 11.5 Å². The lowest BCUT2D eigenvalue weighted by atomic mass is 10.2. The van der Waals surface area contributed by atoms with E-state index in [1.807, 2.05) is 0 Å². The van der Waals surface area contributed by atoms with Gasteiger partial charge in [0.05, 0.1) is 24.8 Å². The lowest BCUT2D eigenvalue weighted by molar-refractivity contribution is -0.119. The van der Waals surface area contributed by atoms with Crippen molar-refractivity contribution in [1.82, 2.24) is 5.43 Å². The van der Waals surface area contributed by atoms with Crippen LogP contribution in [0.4, 0.5) is 10.1 Å². The average molecular weight is 409 g/mol. The number of rotatable bonds is 8. The molecule has 0 fully saturated rings. The van der Waals surface area contributed by atoms with Crippen molar-refractivity contribution < 1.29 is 27.4 Å². The number of ether oxygens (including phenoxy) is 1. The van der Waals surface area contributed by atoms with Gasteiger partial charge in [0.25, 0.3) is 5.91 Å². The maximum atomic E-state index is 13.9. The molecule has 0 atom stereocenters. The van der Waals surface area contributed by atoms with E-state index >= 15 is 0 Å². The summed E-state index contributed by atoms with van der Waals surface area (Å²) in [5.74, 6) is -1.29. The number of sulfonamides is 1. The van der Waals surface area contributed by atoms with E-state index in [0.717, 1.165) is 12.3 Å². The third-order valence-electron chi connectivity index (χ3n) is 3.50. The van der Waals surface area contributed by atoms with Gasteiger partial charge in [-0.25, -0.2) is 18.2 Å². The quantitative estimate of drug-likeness (QED) is 0.511. The molecular weight excluding hydrogens is 389 g/mol. The Bertz CT molecular complexity index is 979. The number of hydrogen-bond donors (Lipinski definition) is 2. The maximum absolute atomic E-state index is 13.9. The SMILES string of the molecule is CCOc1cc(/C=N\NC(=O)CN(c2ccccc2F)S(C)(=O)=O)ccc1O. The van der Waals surface area contributed by atoms with Gasteiger partial charge in [-0.3, -0.25) is 9.10 Å². The first-order valence-electron chi connectivity index (χ1n) is 8.22. The summed E-state index contributed by atoms with van der Waals surface area (Å²) in [5, 5.41) is 13.4. The zero-order valence-corrected chi connectivity index (χ0v) is 16.1. The highest BCUT2D eigenvalue weighted by Gasteiger charge is 2.23. The Morgan fingerprint density at radius 1 is 1.32 bits per heavy atom. The monoisotopic (exact) mass is 409 g/mol. The Labute approximate surface area is 162 Å². The highest BCUT2D eigenvalue weighted by Crippen LogP contribution is 2.26. The maximum Gasteiger partial charge on any atom is 0.260 e. The number of hydrogen-bond acceptors (Lipinski definition) is 6. The molecule has 0 aliphatic rings. The second kappa shape index (κ2) is 9.18. The van der Waals surface area contributed by atoms with Gasteiger partial charge < -0.3 is 9.84 Å². The zero-order chi connectivity index (χ0) is 20.7. The largest absolute Gasteiger partial charge is 0.504 e. The molecular formula is C18H20FN3O5S. The van der Waals surface area contributed by atoms with Gasteiger partial charge in [0, 0.05) is 0 Å². The predicted octanol–water partition coefficient (Wildman–Crippen LogP) is 1.85. The number of amides is 1. The molecule has 0 aromatic heterocycles. The number of nitrogens with one attached hydrogen (secondary N) is 1. The molecule has 2 rings (SSSR count).